The third-order valence-electron chi connectivity index (χ3n) is 5.57. The minimum Gasteiger partial charge on any atom is -0.378 e. The number of methoxy groups -OCH3 is 1. The van der Waals surface area contributed by atoms with E-state index in [4.69, 9.17) is 16.3 Å². The Morgan fingerprint density at radius 3 is 2.72 bits per heavy atom. The fourth-order valence-corrected chi connectivity index (χ4v) is 4.12. The third kappa shape index (κ3) is 4.80. The van der Waals surface area contributed by atoms with E-state index in [2.05, 4.69) is 52.9 Å². The Bertz CT molecular complexity index is 924. The van der Waals surface area contributed by atoms with Crippen LogP contribution in [-0.4, -0.2) is 16.7 Å². The normalized spacial score (nSPS) is 18.5. The first-order valence-electron chi connectivity index (χ1n) is 10.2. The van der Waals surface area contributed by atoms with E-state index < -0.39 is 0 Å². The molecule has 1 unspecified atom stereocenters. The maximum Gasteiger partial charge on any atom is 0.153 e. The van der Waals surface area contributed by atoms with Crippen LogP contribution >= 0.6 is 11.6 Å². The molecule has 5 heteroatoms. The standard InChI is InChI=1S/C24H28ClN3O/c1-3-4-10-22-27-23(25)21(18-29-2)28(22)17-19-11-13-24(14-12-19,15-16-26)20-8-6-5-7-9-20/h5-9,11-13H,3-4,10,14-15,17-18H2,1-2H3. The molecule has 2 aromatic rings. The average Bonchev–Trinajstić information content (AvgIpc) is 3.03. The Morgan fingerprint density at radius 2 is 2.10 bits per heavy atom. The van der Waals surface area contributed by atoms with E-state index >= 15 is 0 Å². The Kier molecular flexibility index (Phi) is 7.30. The summed E-state index contributed by atoms with van der Waals surface area (Å²) < 4.78 is 7.55. The zero-order valence-corrected chi connectivity index (χ0v) is 18.0. The Balaban J connectivity index is 1.86. The van der Waals surface area contributed by atoms with Crippen LogP contribution in [0.15, 0.2) is 54.1 Å². The molecular weight excluding hydrogens is 382 g/mol. The quantitative estimate of drug-likeness (QED) is 0.528. The number of aryl methyl sites for hydroxylation is 1. The second-order valence-electron chi connectivity index (χ2n) is 7.56. The number of allylic oxidation sites excluding steroid dienone is 4. The number of unbranched alkanes of at least 4 members (excludes halogenated alkanes) is 1. The van der Waals surface area contributed by atoms with Crippen LogP contribution in [0.4, 0.5) is 0 Å². The van der Waals surface area contributed by atoms with Gasteiger partial charge in [0.2, 0.25) is 0 Å². The molecule has 1 heterocycles. The van der Waals surface area contributed by atoms with Gasteiger partial charge in [-0.2, -0.15) is 5.26 Å². The first-order valence-corrected chi connectivity index (χ1v) is 10.5. The number of benzene rings is 1. The van der Waals surface area contributed by atoms with Gasteiger partial charge in [0.15, 0.2) is 5.15 Å². The van der Waals surface area contributed by atoms with E-state index in [1.54, 1.807) is 7.11 Å². The van der Waals surface area contributed by atoms with Crippen LogP contribution in [0.5, 0.6) is 0 Å². The van der Waals surface area contributed by atoms with Gasteiger partial charge in [-0.25, -0.2) is 4.98 Å². The summed E-state index contributed by atoms with van der Waals surface area (Å²) in [6.45, 7) is 3.33. The predicted molar refractivity (Wildman–Crippen MR) is 117 cm³/mol. The summed E-state index contributed by atoms with van der Waals surface area (Å²) in [5.41, 5.74) is 3.06. The lowest BCUT2D eigenvalue weighted by atomic mass is 9.72. The summed E-state index contributed by atoms with van der Waals surface area (Å²) in [7, 11) is 1.68. The molecule has 3 rings (SSSR count). The van der Waals surface area contributed by atoms with Gasteiger partial charge in [0, 0.05) is 31.9 Å². The van der Waals surface area contributed by atoms with Crippen LogP contribution in [0.2, 0.25) is 5.15 Å². The summed E-state index contributed by atoms with van der Waals surface area (Å²) in [5.74, 6) is 1.01. The van der Waals surface area contributed by atoms with Gasteiger partial charge in [0.25, 0.3) is 0 Å². The molecule has 29 heavy (non-hydrogen) atoms. The number of ether oxygens (including phenoxy) is 1. The monoisotopic (exact) mass is 409 g/mol. The second-order valence-corrected chi connectivity index (χ2v) is 7.92. The minimum atomic E-state index is -0.257. The van der Waals surface area contributed by atoms with Crippen LogP contribution in [0.1, 0.15) is 49.7 Å². The number of nitrogens with zero attached hydrogens (tertiary/aromatic N) is 3. The topological polar surface area (TPSA) is 50.8 Å². The Morgan fingerprint density at radius 1 is 1.31 bits per heavy atom. The summed E-state index contributed by atoms with van der Waals surface area (Å²) in [5, 5.41) is 9.95. The van der Waals surface area contributed by atoms with E-state index in [1.807, 2.05) is 18.2 Å². The molecule has 0 bridgehead atoms. The van der Waals surface area contributed by atoms with Crippen molar-refractivity contribution in [2.45, 2.75) is 57.6 Å². The lowest BCUT2D eigenvalue weighted by molar-refractivity contribution is 0.178. The molecular formula is C24H28ClN3O. The smallest absolute Gasteiger partial charge is 0.153 e. The number of hydrogen-bond donors (Lipinski definition) is 0. The molecule has 0 spiro atoms. The van der Waals surface area contributed by atoms with E-state index in [9.17, 15) is 5.26 Å². The van der Waals surface area contributed by atoms with Crippen LogP contribution < -0.4 is 0 Å². The van der Waals surface area contributed by atoms with Crippen LogP contribution in [0.25, 0.3) is 0 Å². The Hall–Kier alpha value is -2.35. The fourth-order valence-electron chi connectivity index (χ4n) is 3.87. The van der Waals surface area contributed by atoms with Crippen LogP contribution in [-0.2, 0) is 29.7 Å². The minimum absolute atomic E-state index is 0.257. The Labute approximate surface area is 178 Å². The first-order chi connectivity index (χ1) is 14.1. The SMILES string of the molecule is CCCCc1nc(Cl)c(COC)n1CC1=CCC(CC#N)(c2ccccc2)C=C1. The fraction of sp³-hybridized carbons (Fsp3) is 0.417. The number of halogens is 1. The largest absolute Gasteiger partial charge is 0.378 e. The molecule has 0 saturated heterocycles. The molecule has 0 aliphatic heterocycles. The highest BCUT2D eigenvalue weighted by Crippen LogP contribution is 2.37. The van der Waals surface area contributed by atoms with Gasteiger partial charge in [-0.05, 0) is 24.0 Å². The van der Waals surface area contributed by atoms with E-state index in [-0.39, 0.29) is 5.41 Å². The van der Waals surface area contributed by atoms with Gasteiger partial charge < -0.3 is 9.30 Å². The van der Waals surface area contributed by atoms with Crippen molar-refractivity contribution in [2.75, 3.05) is 7.11 Å². The van der Waals surface area contributed by atoms with Gasteiger partial charge in [-0.3, -0.25) is 0 Å². The molecule has 1 atom stereocenters. The lowest BCUT2D eigenvalue weighted by Gasteiger charge is -2.31. The van der Waals surface area contributed by atoms with Crippen LogP contribution in [0.3, 0.4) is 0 Å². The number of nitriles is 1. The van der Waals surface area contributed by atoms with Gasteiger partial charge in [0.05, 0.1) is 18.4 Å². The van der Waals surface area contributed by atoms with Crippen molar-refractivity contribution in [3.05, 3.63) is 76.4 Å². The maximum absolute atomic E-state index is 9.42. The molecule has 0 saturated carbocycles. The molecule has 0 radical (unpaired) electrons. The number of aromatic nitrogens is 2. The average molecular weight is 410 g/mol. The van der Waals surface area contributed by atoms with E-state index in [1.165, 1.54) is 11.1 Å². The molecule has 1 aliphatic rings. The van der Waals surface area contributed by atoms with Crippen molar-refractivity contribution < 1.29 is 4.74 Å². The second kappa shape index (κ2) is 9.91. The highest BCUT2D eigenvalue weighted by molar-refractivity contribution is 6.30. The summed E-state index contributed by atoms with van der Waals surface area (Å²) in [4.78, 5) is 4.59. The maximum atomic E-state index is 9.42. The van der Waals surface area contributed by atoms with Crippen molar-refractivity contribution in [1.29, 1.82) is 5.26 Å². The molecule has 152 valence electrons. The molecule has 4 nitrogen and oxygen atoms in total. The van der Waals surface area contributed by atoms with Crippen molar-refractivity contribution in [2.24, 2.45) is 0 Å². The van der Waals surface area contributed by atoms with Crippen molar-refractivity contribution >= 4 is 11.6 Å². The lowest BCUT2D eigenvalue weighted by Crippen LogP contribution is -2.25. The van der Waals surface area contributed by atoms with Crippen molar-refractivity contribution in [3.63, 3.8) is 0 Å². The zero-order chi connectivity index (χ0) is 20.7. The van der Waals surface area contributed by atoms with Crippen molar-refractivity contribution in [3.8, 4) is 6.07 Å². The zero-order valence-electron chi connectivity index (χ0n) is 17.2. The number of imidazole rings is 1. The predicted octanol–water partition coefficient (Wildman–Crippen LogP) is 5.76. The third-order valence-corrected chi connectivity index (χ3v) is 5.87. The molecule has 1 aromatic carbocycles. The highest BCUT2D eigenvalue weighted by Gasteiger charge is 2.30. The van der Waals surface area contributed by atoms with Gasteiger partial charge in [-0.1, -0.05) is 73.5 Å². The van der Waals surface area contributed by atoms with Gasteiger partial charge in [0.1, 0.15) is 5.82 Å². The van der Waals surface area contributed by atoms with Crippen LogP contribution in [0, 0.1) is 11.3 Å². The number of rotatable bonds is 9. The van der Waals surface area contributed by atoms with E-state index in [0.717, 1.165) is 37.2 Å². The van der Waals surface area contributed by atoms with Gasteiger partial charge >= 0.3 is 0 Å². The summed E-state index contributed by atoms with van der Waals surface area (Å²) in [6, 6.07) is 12.7. The molecule has 0 amide bonds. The van der Waals surface area contributed by atoms with Crippen molar-refractivity contribution in [1.82, 2.24) is 9.55 Å². The first kappa shape index (κ1) is 21.4. The molecule has 1 aliphatic carbocycles. The van der Waals surface area contributed by atoms with E-state index in [0.29, 0.717) is 24.7 Å². The summed E-state index contributed by atoms with van der Waals surface area (Å²) >= 11 is 6.41. The summed E-state index contributed by atoms with van der Waals surface area (Å²) in [6.07, 6.45) is 11.0. The molecule has 0 fully saturated rings. The highest BCUT2D eigenvalue weighted by atomic mass is 35.5. The molecule has 0 N–H and O–H groups in total. The van der Waals surface area contributed by atoms with Gasteiger partial charge in [-0.15, -0.1) is 0 Å². The molecule has 1 aromatic heterocycles. The number of hydrogen-bond acceptors (Lipinski definition) is 3.